The second-order valence-electron chi connectivity index (χ2n) is 6.69. The largest absolute Gasteiger partial charge is 0.253 e. The Bertz CT molecular complexity index is 1450. The minimum atomic E-state index is 0.531. The molecule has 8 heteroatoms. The molecule has 0 unspecified atom stereocenters. The highest BCUT2D eigenvalue weighted by molar-refractivity contribution is 5.84. The summed E-state index contributed by atoms with van der Waals surface area (Å²) >= 11 is 0. The molecule has 0 amide bonds. The summed E-state index contributed by atoms with van der Waals surface area (Å²) in [6.07, 6.45) is 8.13. The van der Waals surface area contributed by atoms with Crippen molar-refractivity contribution in [3.05, 3.63) is 73.6 Å². The highest BCUT2D eigenvalue weighted by atomic mass is 15.0. The van der Waals surface area contributed by atoms with Crippen LogP contribution in [-0.4, -0.2) is 39.9 Å². The number of hydrogen-bond acceptors (Lipinski definition) is 8. The molecule has 0 saturated carbocycles. The zero-order valence-corrected chi connectivity index (χ0v) is 15.5. The SMILES string of the molecule is c1cnc2cc(-c3ccc4ccc(-c5cnc6cncnc6n5)nc4n3)ccc2n1. The van der Waals surface area contributed by atoms with E-state index >= 15 is 0 Å². The van der Waals surface area contributed by atoms with Gasteiger partial charge in [0.05, 0.1) is 34.8 Å². The molecule has 0 aliphatic rings. The van der Waals surface area contributed by atoms with Crippen molar-refractivity contribution in [3.8, 4) is 22.6 Å². The van der Waals surface area contributed by atoms with E-state index in [-0.39, 0.29) is 0 Å². The average Bonchev–Trinajstić information content (AvgIpc) is 2.82. The molecule has 0 bridgehead atoms. The monoisotopic (exact) mass is 388 g/mol. The van der Waals surface area contributed by atoms with Crippen molar-refractivity contribution in [3.63, 3.8) is 0 Å². The summed E-state index contributed by atoms with van der Waals surface area (Å²) in [7, 11) is 0. The summed E-state index contributed by atoms with van der Waals surface area (Å²) in [5.41, 5.74) is 6.57. The van der Waals surface area contributed by atoms with Crippen LogP contribution in [0.25, 0.3) is 55.9 Å². The van der Waals surface area contributed by atoms with Crippen LogP contribution >= 0.6 is 0 Å². The van der Waals surface area contributed by atoms with Gasteiger partial charge in [-0.1, -0.05) is 6.07 Å². The van der Waals surface area contributed by atoms with Crippen molar-refractivity contribution in [2.45, 2.75) is 0 Å². The van der Waals surface area contributed by atoms with Crippen LogP contribution in [0, 0.1) is 0 Å². The Morgan fingerprint density at radius 2 is 1.33 bits per heavy atom. The number of nitrogens with zero attached hydrogens (tertiary/aromatic N) is 8. The second kappa shape index (κ2) is 6.56. The van der Waals surface area contributed by atoms with Crippen LogP contribution in [0.5, 0.6) is 0 Å². The van der Waals surface area contributed by atoms with Gasteiger partial charge < -0.3 is 0 Å². The first-order valence-electron chi connectivity index (χ1n) is 9.26. The lowest BCUT2D eigenvalue weighted by Crippen LogP contribution is -1.95. The molecule has 0 saturated heterocycles. The maximum absolute atomic E-state index is 4.77. The molecule has 6 aromatic rings. The predicted octanol–water partition coefficient (Wildman–Crippen LogP) is 3.64. The number of aromatic nitrogens is 8. The van der Waals surface area contributed by atoms with Crippen molar-refractivity contribution in [1.82, 2.24) is 39.9 Å². The van der Waals surface area contributed by atoms with E-state index in [2.05, 4.69) is 29.9 Å². The third-order valence-corrected chi connectivity index (χ3v) is 4.80. The normalized spacial score (nSPS) is 11.3. The summed E-state index contributed by atoms with van der Waals surface area (Å²) < 4.78 is 0. The zero-order valence-electron chi connectivity index (χ0n) is 15.5. The molecule has 1 aromatic carbocycles. The first-order valence-corrected chi connectivity index (χ1v) is 9.26. The van der Waals surface area contributed by atoms with Gasteiger partial charge in [0.15, 0.2) is 11.3 Å². The van der Waals surface area contributed by atoms with Crippen molar-refractivity contribution in [2.24, 2.45) is 0 Å². The third kappa shape index (κ3) is 2.78. The van der Waals surface area contributed by atoms with Gasteiger partial charge in [-0.25, -0.2) is 29.9 Å². The van der Waals surface area contributed by atoms with Gasteiger partial charge in [-0.15, -0.1) is 0 Å². The van der Waals surface area contributed by atoms with Crippen LogP contribution in [0.1, 0.15) is 0 Å². The minimum absolute atomic E-state index is 0.531. The van der Waals surface area contributed by atoms with Crippen LogP contribution < -0.4 is 0 Å². The van der Waals surface area contributed by atoms with E-state index in [0.29, 0.717) is 28.2 Å². The molecule has 0 N–H and O–H groups in total. The molecular formula is C22H12N8. The van der Waals surface area contributed by atoms with Gasteiger partial charge in [0.1, 0.15) is 17.5 Å². The predicted molar refractivity (Wildman–Crippen MR) is 112 cm³/mol. The Hall–Kier alpha value is -4.46. The van der Waals surface area contributed by atoms with E-state index in [1.807, 2.05) is 42.5 Å². The molecule has 0 fully saturated rings. The molecule has 0 aliphatic carbocycles. The van der Waals surface area contributed by atoms with E-state index in [1.165, 1.54) is 6.33 Å². The molecule has 8 nitrogen and oxygen atoms in total. The van der Waals surface area contributed by atoms with Crippen LogP contribution in [0.15, 0.2) is 73.6 Å². The Labute approximate surface area is 169 Å². The van der Waals surface area contributed by atoms with Gasteiger partial charge in [0.25, 0.3) is 0 Å². The minimum Gasteiger partial charge on any atom is -0.253 e. The van der Waals surface area contributed by atoms with Crippen LogP contribution in [0.2, 0.25) is 0 Å². The molecular weight excluding hydrogens is 376 g/mol. The van der Waals surface area contributed by atoms with Crippen molar-refractivity contribution >= 4 is 33.2 Å². The van der Waals surface area contributed by atoms with Crippen molar-refractivity contribution in [2.75, 3.05) is 0 Å². The lowest BCUT2D eigenvalue weighted by molar-refractivity contribution is 1.14. The maximum atomic E-state index is 4.77. The van der Waals surface area contributed by atoms with Gasteiger partial charge in [-0.05, 0) is 36.4 Å². The fourth-order valence-electron chi connectivity index (χ4n) is 3.32. The molecule has 0 radical (unpaired) electrons. The van der Waals surface area contributed by atoms with Gasteiger partial charge in [0.2, 0.25) is 0 Å². The lowest BCUT2D eigenvalue weighted by Gasteiger charge is -2.06. The highest BCUT2D eigenvalue weighted by Crippen LogP contribution is 2.25. The Balaban J connectivity index is 1.46. The van der Waals surface area contributed by atoms with E-state index < -0.39 is 0 Å². The number of fused-ring (bicyclic) bond motifs is 3. The Morgan fingerprint density at radius 1 is 0.533 bits per heavy atom. The van der Waals surface area contributed by atoms with E-state index in [1.54, 1.807) is 24.8 Å². The fourth-order valence-corrected chi connectivity index (χ4v) is 3.32. The fraction of sp³-hybridized carbons (Fsp3) is 0. The second-order valence-corrected chi connectivity index (χ2v) is 6.69. The number of rotatable bonds is 2. The molecule has 6 rings (SSSR count). The maximum Gasteiger partial charge on any atom is 0.181 e. The van der Waals surface area contributed by atoms with Gasteiger partial charge in [-0.2, -0.15) is 0 Å². The summed E-state index contributed by atoms with van der Waals surface area (Å²) in [5.74, 6) is 0. The number of hydrogen-bond donors (Lipinski definition) is 0. The van der Waals surface area contributed by atoms with Crippen LogP contribution in [0.4, 0.5) is 0 Å². The lowest BCUT2D eigenvalue weighted by atomic mass is 10.1. The summed E-state index contributed by atoms with van der Waals surface area (Å²) in [5, 5.41) is 0.944. The third-order valence-electron chi connectivity index (χ3n) is 4.80. The first kappa shape index (κ1) is 16.5. The molecule has 140 valence electrons. The zero-order chi connectivity index (χ0) is 19.9. The molecule has 0 aliphatic heterocycles. The number of pyridine rings is 2. The topological polar surface area (TPSA) is 103 Å². The molecule has 0 atom stereocenters. The smallest absolute Gasteiger partial charge is 0.181 e. The summed E-state index contributed by atoms with van der Waals surface area (Å²) in [6, 6.07) is 13.8. The van der Waals surface area contributed by atoms with Crippen LogP contribution in [-0.2, 0) is 0 Å². The average molecular weight is 388 g/mol. The molecule has 0 spiro atoms. The standard InChI is InChI=1S/C22H12N8/c1-4-15(14-3-5-16-18(9-14)25-8-7-24-16)28-21-13(1)2-6-17(29-21)19-11-26-20-10-23-12-27-22(20)30-19/h1-12H. The van der Waals surface area contributed by atoms with E-state index in [9.17, 15) is 0 Å². The Morgan fingerprint density at radius 3 is 2.27 bits per heavy atom. The molecule has 30 heavy (non-hydrogen) atoms. The van der Waals surface area contributed by atoms with Crippen molar-refractivity contribution in [1.29, 1.82) is 0 Å². The van der Waals surface area contributed by atoms with Gasteiger partial charge in [0, 0.05) is 23.3 Å². The first-order chi connectivity index (χ1) is 14.8. The van der Waals surface area contributed by atoms with Crippen LogP contribution in [0.3, 0.4) is 0 Å². The van der Waals surface area contributed by atoms with Crippen molar-refractivity contribution < 1.29 is 0 Å². The number of benzene rings is 1. The quantitative estimate of drug-likeness (QED) is 0.443. The van der Waals surface area contributed by atoms with Gasteiger partial charge in [-0.3, -0.25) is 9.97 Å². The summed E-state index contributed by atoms with van der Waals surface area (Å²) in [6.45, 7) is 0. The van der Waals surface area contributed by atoms with E-state index in [4.69, 9.17) is 9.97 Å². The van der Waals surface area contributed by atoms with Gasteiger partial charge >= 0.3 is 0 Å². The Kier molecular flexibility index (Phi) is 3.60. The molecule has 5 heterocycles. The van der Waals surface area contributed by atoms with E-state index in [0.717, 1.165) is 27.7 Å². The summed E-state index contributed by atoms with van der Waals surface area (Å²) in [4.78, 5) is 35.2. The highest BCUT2D eigenvalue weighted by Gasteiger charge is 2.09. The molecule has 5 aromatic heterocycles.